The van der Waals surface area contributed by atoms with Gasteiger partial charge >= 0.3 is 0 Å². The topological polar surface area (TPSA) is 35.2 Å². The average Bonchev–Trinajstić information content (AvgIpc) is 2.26. The van der Waals surface area contributed by atoms with E-state index in [1.54, 1.807) is 0 Å². The zero-order valence-electron chi connectivity index (χ0n) is 10.5. The van der Waals surface area contributed by atoms with E-state index < -0.39 is 0 Å². The summed E-state index contributed by atoms with van der Waals surface area (Å²) in [5.41, 5.74) is 5.37. The maximum Gasteiger partial charge on any atom is 0.0478 e. The summed E-state index contributed by atoms with van der Waals surface area (Å²) >= 11 is 0. The molecule has 0 aliphatic carbocycles. The van der Waals surface area contributed by atoms with Gasteiger partial charge in [-0.2, -0.15) is 0 Å². The third-order valence-corrected chi connectivity index (χ3v) is 2.64. The lowest BCUT2D eigenvalue weighted by atomic mass is 10.1. The molecular formula is C13H29NO. The summed E-state index contributed by atoms with van der Waals surface area (Å²) in [6.45, 7) is 4.78. The van der Waals surface area contributed by atoms with Crippen LogP contribution >= 0.6 is 0 Å². The van der Waals surface area contributed by atoms with Gasteiger partial charge in [0.05, 0.1) is 0 Å². The van der Waals surface area contributed by atoms with Gasteiger partial charge in [-0.05, 0) is 19.4 Å². The Morgan fingerprint density at radius 2 is 1.27 bits per heavy atom. The van der Waals surface area contributed by atoms with Crippen molar-refractivity contribution < 1.29 is 4.74 Å². The Balaban J connectivity index is 2.81. The lowest BCUT2D eigenvalue weighted by Gasteiger charge is -2.03. The van der Waals surface area contributed by atoms with Crippen LogP contribution in [0.3, 0.4) is 0 Å². The first-order chi connectivity index (χ1) is 7.41. The highest BCUT2D eigenvalue weighted by molar-refractivity contribution is 4.46. The van der Waals surface area contributed by atoms with Crippen LogP contribution in [0.5, 0.6) is 0 Å². The van der Waals surface area contributed by atoms with E-state index in [1.807, 2.05) is 0 Å². The van der Waals surface area contributed by atoms with Crippen LogP contribution in [0.2, 0.25) is 0 Å². The summed E-state index contributed by atoms with van der Waals surface area (Å²) < 4.78 is 5.44. The van der Waals surface area contributed by atoms with Crippen LogP contribution in [0.15, 0.2) is 0 Å². The second kappa shape index (κ2) is 13.9. The molecule has 0 saturated heterocycles. The predicted octanol–water partition coefficient (Wildman–Crippen LogP) is 3.49. The van der Waals surface area contributed by atoms with Crippen molar-refractivity contribution in [1.82, 2.24) is 0 Å². The Labute approximate surface area is 95.6 Å². The molecule has 0 amide bonds. The minimum Gasteiger partial charge on any atom is -0.381 e. The molecule has 0 aliphatic heterocycles. The van der Waals surface area contributed by atoms with Gasteiger partial charge in [0.15, 0.2) is 0 Å². The van der Waals surface area contributed by atoms with E-state index in [0.29, 0.717) is 0 Å². The molecule has 2 heteroatoms. The zero-order chi connectivity index (χ0) is 11.2. The van der Waals surface area contributed by atoms with E-state index >= 15 is 0 Å². The van der Waals surface area contributed by atoms with Crippen molar-refractivity contribution in [2.75, 3.05) is 19.8 Å². The van der Waals surface area contributed by atoms with Crippen molar-refractivity contribution in [3.8, 4) is 0 Å². The molecule has 2 N–H and O–H groups in total. The average molecular weight is 215 g/mol. The standard InChI is InChI=1S/C13H29NO/c1-2-3-4-5-6-7-8-9-12-15-13-10-11-14/h2-14H2,1H3. The summed E-state index contributed by atoms with van der Waals surface area (Å²) in [4.78, 5) is 0. The van der Waals surface area contributed by atoms with Crippen LogP contribution in [0.4, 0.5) is 0 Å². The van der Waals surface area contributed by atoms with Crippen LogP contribution < -0.4 is 5.73 Å². The van der Waals surface area contributed by atoms with Crippen LogP contribution in [0.25, 0.3) is 0 Å². The highest BCUT2D eigenvalue weighted by Gasteiger charge is 1.92. The normalized spacial score (nSPS) is 10.8. The molecule has 0 aliphatic rings. The SMILES string of the molecule is CCCCCCCCCCOCCCN. The summed E-state index contributed by atoms with van der Waals surface area (Å²) in [6, 6.07) is 0. The third kappa shape index (κ3) is 13.9. The lowest BCUT2D eigenvalue weighted by Crippen LogP contribution is -2.04. The minimum absolute atomic E-state index is 0.747. The maximum absolute atomic E-state index is 5.44. The summed E-state index contributed by atoms with van der Waals surface area (Å²) in [6.07, 6.45) is 11.9. The van der Waals surface area contributed by atoms with E-state index in [-0.39, 0.29) is 0 Å². The summed E-state index contributed by atoms with van der Waals surface area (Å²) in [5.74, 6) is 0. The van der Waals surface area contributed by atoms with Crippen molar-refractivity contribution in [2.45, 2.75) is 64.7 Å². The van der Waals surface area contributed by atoms with Crippen LogP contribution in [0, 0.1) is 0 Å². The van der Waals surface area contributed by atoms with Crippen molar-refractivity contribution >= 4 is 0 Å². The molecule has 0 aromatic heterocycles. The molecule has 0 fully saturated rings. The molecule has 0 bridgehead atoms. The van der Waals surface area contributed by atoms with Crippen LogP contribution in [0.1, 0.15) is 64.7 Å². The van der Waals surface area contributed by atoms with E-state index in [2.05, 4.69) is 6.92 Å². The van der Waals surface area contributed by atoms with Crippen LogP contribution in [-0.4, -0.2) is 19.8 Å². The maximum atomic E-state index is 5.44. The molecule has 0 aromatic rings. The molecule has 0 radical (unpaired) electrons. The molecule has 0 heterocycles. The first-order valence-corrected chi connectivity index (χ1v) is 6.69. The van der Waals surface area contributed by atoms with Crippen molar-refractivity contribution in [2.24, 2.45) is 5.73 Å². The van der Waals surface area contributed by atoms with Gasteiger partial charge in [-0.25, -0.2) is 0 Å². The predicted molar refractivity (Wildman–Crippen MR) is 67.1 cm³/mol. The molecule has 92 valence electrons. The summed E-state index contributed by atoms with van der Waals surface area (Å²) in [5, 5.41) is 0. The van der Waals surface area contributed by atoms with Gasteiger partial charge in [0.25, 0.3) is 0 Å². The van der Waals surface area contributed by atoms with E-state index in [4.69, 9.17) is 10.5 Å². The van der Waals surface area contributed by atoms with Gasteiger partial charge in [-0.1, -0.05) is 51.9 Å². The second-order valence-electron chi connectivity index (χ2n) is 4.23. The smallest absolute Gasteiger partial charge is 0.0478 e. The fourth-order valence-corrected chi connectivity index (χ4v) is 1.63. The number of ether oxygens (including phenoxy) is 1. The molecule has 0 unspecified atom stereocenters. The summed E-state index contributed by atoms with van der Waals surface area (Å²) in [7, 11) is 0. The molecule has 0 aromatic carbocycles. The lowest BCUT2D eigenvalue weighted by molar-refractivity contribution is 0.129. The number of rotatable bonds is 12. The first-order valence-electron chi connectivity index (χ1n) is 6.69. The molecule has 0 atom stereocenters. The Bertz CT molecular complexity index is 94.7. The van der Waals surface area contributed by atoms with Crippen LogP contribution in [-0.2, 0) is 4.74 Å². The van der Waals surface area contributed by atoms with Crippen molar-refractivity contribution in [3.63, 3.8) is 0 Å². The molecule has 0 rings (SSSR count). The van der Waals surface area contributed by atoms with Gasteiger partial charge in [0, 0.05) is 13.2 Å². The van der Waals surface area contributed by atoms with Gasteiger partial charge in [-0.3, -0.25) is 0 Å². The van der Waals surface area contributed by atoms with Crippen molar-refractivity contribution in [3.05, 3.63) is 0 Å². The minimum atomic E-state index is 0.747. The quantitative estimate of drug-likeness (QED) is 0.506. The van der Waals surface area contributed by atoms with E-state index in [1.165, 1.54) is 51.4 Å². The number of unbranched alkanes of at least 4 members (excludes halogenated alkanes) is 7. The Kier molecular flexibility index (Phi) is 13.8. The van der Waals surface area contributed by atoms with Gasteiger partial charge in [0.1, 0.15) is 0 Å². The zero-order valence-corrected chi connectivity index (χ0v) is 10.5. The fourth-order valence-electron chi connectivity index (χ4n) is 1.63. The number of hydrogen-bond donors (Lipinski definition) is 1. The van der Waals surface area contributed by atoms with E-state index in [0.717, 1.165) is 26.2 Å². The largest absolute Gasteiger partial charge is 0.381 e. The highest BCUT2D eigenvalue weighted by atomic mass is 16.5. The van der Waals surface area contributed by atoms with Crippen molar-refractivity contribution in [1.29, 1.82) is 0 Å². The Hall–Kier alpha value is -0.0800. The third-order valence-electron chi connectivity index (χ3n) is 2.64. The fraction of sp³-hybridized carbons (Fsp3) is 1.00. The monoisotopic (exact) mass is 215 g/mol. The number of nitrogens with two attached hydrogens (primary N) is 1. The highest BCUT2D eigenvalue weighted by Crippen LogP contribution is 2.08. The first kappa shape index (κ1) is 14.9. The van der Waals surface area contributed by atoms with E-state index in [9.17, 15) is 0 Å². The van der Waals surface area contributed by atoms with Gasteiger partial charge in [0.2, 0.25) is 0 Å². The molecule has 0 spiro atoms. The molecule has 2 nitrogen and oxygen atoms in total. The Morgan fingerprint density at radius 3 is 1.87 bits per heavy atom. The second-order valence-corrected chi connectivity index (χ2v) is 4.23. The molecular weight excluding hydrogens is 186 g/mol. The number of hydrogen-bond acceptors (Lipinski definition) is 2. The molecule has 0 saturated carbocycles. The van der Waals surface area contributed by atoms with Gasteiger partial charge in [-0.15, -0.1) is 0 Å². The Morgan fingerprint density at radius 1 is 0.733 bits per heavy atom. The van der Waals surface area contributed by atoms with Gasteiger partial charge < -0.3 is 10.5 Å². The molecule has 15 heavy (non-hydrogen) atoms.